The monoisotopic (exact) mass is 364 g/mol. The van der Waals surface area contributed by atoms with Crippen LogP contribution in [0.3, 0.4) is 0 Å². The summed E-state index contributed by atoms with van der Waals surface area (Å²) in [5.74, 6) is 1.41. The number of nitrogens with one attached hydrogen (secondary N) is 1. The van der Waals surface area contributed by atoms with Crippen molar-refractivity contribution in [2.75, 3.05) is 0 Å². The van der Waals surface area contributed by atoms with E-state index in [-0.39, 0.29) is 10.8 Å². The second-order valence-electron chi connectivity index (χ2n) is 5.95. The van der Waals surface area contributed by atoms with Gasteiger partial charge < -0.3 is 4.98 Å². The van der Waals surface area contributed by atoms with Gasteiger partial charge in [0.1, 0.15) is 16.2 Å². The van der Waals surface area contributed by atoms with E-state index in [9.17, 15) is 4.79 Å². The van der Waals surface area contributed by atoms with E-state index in [2.05, 4.69) is 22.1 Å². The standard InChI is InChI=1S/C15H16N4OS3/c1-7-3-4-9-10(5-7)23-14-11(9)13(20)17-12(18-14)8(2)22-15-19-16-6-21-15/h6-8H,3-5H2,1-2H3,(H,17,18,20)/t7-,8-/m1/s1. The normalized spacial score (nSPS) is 19.0. The van der Waals surface area contributed by atoms with Crippen LogP contribution in [0.25, 0.3) is 10.2 Å². The van der Waals surface area contributed by atoms with Crippen LogP contribution in [0, 0.1) is 5.92 Å². The molecule has 4 rings (SSSR count). The largest absolute Gasteiger partial charge is 0.309 e. The van der Waals surface area contributed by atoms with Gasteiger partial charge in [0.25, 0.3) is 5.56 Å². The minimum absolute atomic E-state index is 0.00164. The van der Waals surface area contributed by atoms with E-state index in [1.807, 2.05) is 6.92 Å². The summed E-state index contributed by atoms with van der Waals surface area (Å²) in [6.45, 7) is 4.31. The quantitative estimate of drug-likeness (QED) is 0.716. The van der Waals surface area contributed by atoms with Crippen molar-refractivity contribution in [3.63, 3.8) is 0 Å². The Labute approximate surface area is 145 Å². The molecule has 120 valence electrons. The first kappa shape index (κ1) is 15.3. The third kappa shape index (κ3) is 2.83. The van der Waals surface area contributed by atoms with Crippen LogP contribution in [-0.2, 0) is 12.8 Å². The number of hydrogen-bond donors (Lipinski definition) is 1. The Kier molecular flexibility index (Phi) is 3.98. The fraction of sp³-hybridized carbons (Fsp3) is 0.467. The molecule has 2 atom stereocenters. The summed E-state index contributed by atoms with van der Waals surface area (Å²) >= 11 is 4.76. The molecule has 5 nitrogen and oxygen atoms in total. The lowest BCUT2D eigenvalue weighted by Gasteiger charge is -2.17. The number of aromatic amines is 1. The molecule has 8 heteroatoms. The zero-order valence-electron chi connectivity index (χ0n) is 12.8. The third-order valence-electron chi connectivity index (χ3n) is 4.19. The van der Waals surface area contributed by atoms with E-state index in [4.69, 9.17) is 4.98 Å². The van der Waals surface area contributed by atoms with Crippen LogP contribution in [0.5, 0.6) is 0 Å². The number of thiophene rings is 1. The molecule has 0 fully saturated rings. The van der Waals surface area contributed by atoms with Gasteiger partial charge in [-0.1, -0.05) is 30.0 Å². The predicted molar refractivity (Wildman–Crippen MR) is 95.6 cm³/mol. The van der Waals surface area contributed by atoms with Gasteiger partial charge in [0.05, 0.1) is 10.6 Å². The Morgan fingerprint density at radius 2 is 2.35 bits per heavy atom. The summed E-state index contributed by atoms with van der Waals surface area (Å²) < 4.78 is 0.888. The molecule has 0 saturated carbocycles. The first-order chi connectivity index (χ1) is 11.1. The summed E-state index contributed by atoms with van der Waals surface area (Å²) in [5.41, 5.74) is 2.94. The van der Waals surface area contributed by atoms with Crippen molar-refractivity contribution in [3.05, 3.63) is 32.1 Å². The highest BCUT2D eigenvalue weighted by Gasteiger charge is 2.24. The molecule has 0 unspecified atom stereocenters. The number of nitrogens with zero attached hydrogens (tertiary/aromatic N) is 3. The van der Waals surface area contributed by atoms with Gasteiger partial charge in [-0.3, -0.25) is 4.79 Å². The van der Waals surface area contributed by atoms with Crippen molar-refractivity contribution in [1.82, 2.24) is 20.2 Å². The number of aryl methyl sites for hydroxylation is 1. The van der Waals surface area contributed by atoms with Crippen molar-refractivity contribution in [2.45, 2.75) is 42.7 Å². The second kappa shape index (κ2) is 5.99. The molecule has 0 bridgehead atoms. The number of fused-ring (bicyclic) bond motifs is 3. The molecule has 23 heavy (non-hydrogen) atoms. The maximum absolute atomic E-state index is 12.6. The van der Waals surface area contributed by atoms with Gasteiger partial charge in [-0.05, 0) is 37.7 Å². The molecule has 0 aromatic carbocycles. The number of rotatable bonds is 3. The van der Waals surface area contributed by atoms with Gasteiger partial charge in [-0.2, -0.15) is 0 Å². The smallest absolute Gasteiger partial charge is 0.259 e. The number of thioether (sulfide) groups is 1. The lowest BCUT2D eigenvalue weighted by atomic mass is 9.89. The molecule has 0 amide bonds. The molecule has 0 radical (unpaired) electrons. The van der Waals surface area contributed by atoms with Gasteiger partial charge >= 0.3 is 0 Å². The molecule has 1 aliphatic carbocycles. The van der Waals surface area contributed by atoms with Gasteiger partial charge in [0, 0.05) is 4.88 Å². The molecule has 0 spiro atoms. The molecule has 1 aliphatic rings. The van der Waals surface area contributed by atoms with E-state index in [1.165, 1.54) is 21.8 Å². The van der Waals surface area contributed by atoms with E-state index < -0.39 is 0 Å². The molecule has 3 heterocycles. The first-order valence-electron chi connectivity index (χ1n) is 7.59. The number of hydrogen-bond acceptors (Lipinski definition) is 7. The zero-order valence-corrected chi connectivity index (χ0v) is 15.3. The van der Waals surface area contributed by atoms with Crippen molar-refractivity contribution >= 4 is 44.7 Å². The Morgan fingerprint density at radius 1 is 1.48 bits per heavy atom. The first-order valence-corrected chi connectivity index (χ1v) is 10.2. The van der Waals surface area contributed by atoms with Crippen LogP contribution in [0.1, 0.15) is 41.8 Å². The Morgan fingerprint density at radius 3 is 3.13 bits per heavy atom. The predicted octanol–water partition coefficient (Wildman–Crippen LogP) is 3.81. The highest BCUT2D eigenvalue weighted by molar-refractivity contribution is 8.01. The Hall–Kier alpha value is -1.25. The van der Waals surface area contributed by atoms with Crippen molar-refractivity contribution in [1.29, 1.82) is 0 Å². The van der Waals surface area contributed by atoms with Crippen molar-refractivity contribution in [2.24, 2.45) is 5.92 Å². The summed E-state index contributed by atoms with van der Waals surface area (Å²) in [7, 11) is 0. The Bertz CT molecular complexity index is 899. The minimum atomic E-state index is 0.00164. The zero-order chi connectivity index (χ0) is 16.0. The highest BCUT2D eigenvalue weighted by Crippen LogP contribution is 2.37. The third-order valence-corrected chi connectivity index (χ3v) is 7.26. The van der Waals surface area contributed by atoms with Crippen LogP contribution < -0.4 is 5.56 Å². The van der Waals surface area contributed by atoms with E-state index in [0.717, 1.165) is 33.8 Å². The summed E-state index contributed by atoms with van der Waals surface area (Å²) in [6.07, 6.45) is 3.22. The van der Waals surface area contributed by atoms with Crippen LogP contribution in [0.4, 0.5) is 0 Å². The minimum Gasteiger partial charge on any atom is -0.309 e. The lowest BCUT2D eigenvalue weighted by molar-refractivity contribution is 0.509. The van der Waals surface area contributed by atoms with Crippen LogP contribution >= 0.6 is 34.4 Å². The molecule has 3 aromatic rings. The number of aromatic nitrogens is 4. The molecular weight excluding hydrogens is 348 g/mol. The van der Waals surface area contributed by atoms with E-state index in [1.54, 1.807) is 28.6 Å². The fourth-order valence-corrected chi connectivity index (χ4v) is 6.05. The second-order valence-corrected chi connectivity index (χ2v) is 9.45. The van der Waals surface area contributed by atoms with E-state index >= 15 is 0 Å². The lowest BCUT2D eigenvalue weighted by Crippen LogP contribution is -2.15. The van der Waals surface area contributed by atoms with Gasteiger partial charge in [-0.15, -0.1) is 21.5 Å². The summed E-state index contributed by atoms with van der Waals surface area (Å²) in [6, 6.07) is 0. The van der Waals surface area contributed by atoms with Crippen molar-refractivity contribution < 1.29 is 0 Å². The van der Waals surface area contributed by atoms with Gasteiger partial charge in [0.2, 0.25) is 0 Å². The molecular formula is C15H16N4OS3. The molecule has 1 N–H and O–H groups in total. The van der Waals surface area contributed by atoms with Gasteiger partial charge in [0.15, 0.2) is 4.34 Å². The maximum atomic E-state index is 12.6. The molecule has 3 aromatic heterocycles. The van der Waals surface area contributed by atoms with Crippen LogP contribution in [0.15, 0.2) is 14.6 Å². The molecule has 0 saturated heterocycles. The summed E-state index contributed by atoms with van der Waals surface area (Å²) in [5, 5.41) is 8.74. The summed E-state index contributed by atoms with van der Waals surface area (Å²) in [4.78, 5) is 22.6. The van der Waals surface area contributed by atoms with Crippen LogP contribution in [0.2, 0.25) is 0 Å². The Balaban J connectivity index is 1.74. The molecule has 0 aliphatic heterocycles. The fourth-order valence-electron chi connectivity index (χ4n) is 2.98. The SMILES string of the molecule is C[C@@H]1CCc2c(sc3nc([C@@H](C)Sc4nncs4)[nH]c(=O)c23)C1. The average Bonchev–Trinajstić information content (AvgIpc) is 3.13. The maximum Gasteiger partial charge on any atom is 0.259 e. The highest BCUT2D eigenvalue weighted by atomic mass is 32.2. The average molecular weight is 365 g/mol. The van der Waals surface area contributed by atoms with Crippen molar-refractivity contribution in [3.8, 4) is 0 Å². The van der Waals surface area contributed by atoms with Gasteiger partial charge in [-0.25, -0.2) is 4.98 Å². The van der Waals surface area contributed by atoms with E-state index in [0.29, 0.717) is 11.7 Å². The number of H-pyrrole nitrogens is 1. The topological polar surface area (TPSA) is 71.5 Å². The van der Waals surface area contributed by atoms with Crippen LogP contribution in [-0.4, -0.2) is 20.2 Å².